The highest BCUT2D eigenvalue weighted by Gasteiger charge is 2.32. The molecule has 8 nitrogen and oxygen atoms in total. The second-order valence-electron chi connectivity index (χ2n) is 6.11. The van der Waals surface area contributed by atoms with Crippen molar-refractivity contribution in [3.8, 4) is 11.5 Å². The third-order valence-electron chi connectivity index (χ3n) is 4.17. The van der Waals surface area contributed by atoms with E-state index < -0.39 is 24.1 Å². The number of benzene rings is 1. The van der Waals surface area contributed by atoms with Gasteiger partial charge >= 0.3 is 11.9 Å². The molecule has 0 saturated carbocycles. The molecule has 2 N–H and O–H groups in total. The van der Waals surface area contributed by atoms with Gasteiger partial charge in [-0.05, 0) is 66.6 Å². The van der Waals surface area contributed by atoms with Crippen LogP contribution in [0.3, 0.4) is 0 Å². The van der Waals surface area contributed by atoms with E-state index in [1.54, 1.807) is 32.9 Å². The first-order valence-corrected chi connectivity index (χ1v) is 10.0. The standard InChI is InChI=1S/C19H23BrN2O6S/c1-6-27-17(23)10(3)28-16-12(20)7-11(8-13(16)25-4)15-14(18(24)26-5)9(2)21-19(29)22-15/h7-8,10,15H,6H2,1-5H3,(H2,21,22,29)/t10-,15-/m1/s1. The number of hydrogen-bond donors (Lipinski definition) is 2. The third kappa shape index (κ3) is 5.18. The molecule has 0 amide bonds. The summed E-state index contributed by atoms with van der Waals surface area (Å²) < 4.78 is 21.6. The van der Waals surface area contributed by atoms with Crippen molar-refractivity contribution in [2.45, 2.75) is 32.9 Å². The molecule has 1 aromatic carbocycles. The Labute approximate surface area is 183 Å². The van der Waals surface area contributed by atoms with Gasteiger partial charge in [0.15, 0.2) is 22.7 Å². The second kappa shape index (κ2) is 9.93. The van der Waals surface area contributed by atoms with E-state index in [1.807, 2.05) is 0 Å². The molecule has 10 heteroatoms. The predicted octanol–water partition coefficient (Wildman–Crippen LogP) is 2.75. The second-order valence-corrected chi connectivity index (χ2v) is 7.37. The Morgan fingerprint density at radius 1 is 1.31 bits per heavy atom. The number of carbonyl (C=O) groups excluding carboxylic acids is 2. The number of hydrogen-bond acceptors (Lipinski definition) is 7. The predicted molar refractivity (Wildman–Crippen MR) is 114 cm³/mol. The zero-order valence-corrected chi connectivity index (χ0v) is 19.2. The average Bonchev–Trinajstić information content (AvgIpc) is 2.68. The van der Waals surface area contributed by atoms with Crippen molar-refractivity contribution in [1.29, 1.82) is 0 Å². The number of ether oxygens (including phenoxy) is 4. The van der Waals surface area contributed by atoms with Crippen molar-refractivity contribution in [3.63, 3.8) is 0 Å². The van der Waals surface area contributed by atoms with Gasteiger partial charge in [-0.3, -0.25) is 0 Å². The highest BCUT2D eigenvalue weighted by atomic mass is 79.9. The van der Waals surface area contributed by atoms with Crippen LogP contribution in [0.5, 0.6) is 11.5 Å². The molecule has 0 radical (unpaired) electrons. The Kier molecular flexibility index (Phi) is 7.86. The Bertz CT molecular complexity index is 857. The molecular weight excluding hydrogens is 464 g/mol. The van der Waals surface area contributed by atoms with Crippen LogP contribution in [0.1, 0.15) is 32.4 Å². The van der Waals surface area contributed by atoms with Gasteiger partial charge in [-0.15, -0.1) is 0 Å². The van der Waals surface area contributed by atoms with Crippen molar-refractivity contribution in [2.75, 3.05) is 20.8 Å². The topological polar surface area (TPSA) is 95.1 Å². The van der Waals surface area contributed by atoms with Gasteiger partial charge in [0.2, 0.25) is 0 Å². The first-order chi connectivity index (χ1) is 13.7. The zero-order chi connectivity index (χ0) is 21.7. The number of rotatable bonds is 7. The normalized spacial score (nSPS) is 17.0. The van der Waals surface area contributed by atoms with E-state index >= 15 is 0 Å². The molecule has 0 fully saturated rings. The van der Waals surface area contributed by atoms with Crippen LogP contribution in [0, 0.1) is 0 Å². The third-order valence-corrected chi connectivity index (χ3v) is 4.98. The number of esters is 2. The van der Waals surface area contributed by atoms with Crippen LogP contribution in [0.4, 0.5) is 0 Å². The van der Waals surface area contributed by atoms with Crippen molar-refractivity contribution in [1.82, 2.24) is 10.6 Å². The summed E-state index contributed by atoms with van der Waals surface area (Å²) in [5.41, 5.74) is 1.68. The zero-order valence-electron chi connectivity index (χ0n) is 16.8. The largest absolute Gasteiger partial charge is 0.493 e. The summed E-state index contributed by atoms with van der Waals surface area (Å²) in [4.78, 5) is 24.2. The lowest BCUT2D eigenvalue weighted by atomic mass is 9.95. The average molecular weight is 487 g/mol. The Morgan fingerprint density at radius 3 is 2.59 bits per heavy atom. The summed E-state index contributed by atoms with van der Waals surface area (Å²) in [7, 11) is 2.80. The number of nitrogens with one attached hydrogen (secondary N) is 2. The van der Waals surface area contributed by atoms with Gasteiger partial charge in [-0.1, -0.05) is 0 Å². The summed E-state index contributed by atoms with van der Waals surface area (Å²) in [5, 5.41) is 6.38. The minimum atomic E-state index is -0.830. The summed E-state index contributed by atoms with van der Waals surface area (Å²) in [6, 6.07) is 2.91. The molecule has 0 saturated heterocycles. The highest BCUT2D eigenvalue weighted by Crippen LogP contribution is 2.40. The highest BCUT2D eigenvalue weighted by molar-refractivity contribution is 9.10. The van der Waals surface area contributed by atoms with Gasteiger partial charge in [0.05, 0.1) is 36.9 Å². The maximum Gasteiger partial charge on any atom is 0.347 e. The van der Waals surface area contributed by atoms with Crippen LogP contribution in [0.25, 0.3) is 0 Å². The number of halogens is 1. The van der Waals surface area contributed by atoms with Crippen LogP contribution < -0.4 is 20.1 Å². The van der Waals surface area contributed by atoms with E-state index in [1.165, 1.54) is 14.2 Å². The Balaban J connectivity index is 2.46. The molecule has 1 aliphatic heterocycles. The molecule has 0 bridgehead atoms. The molecule has 2 rings (SSSR count). The van der Waals surface area contributed by atoms with Crippen LogP contribution in [0.2, 0.25) is 0 Å². The smallest absolute Gasteiger partial charge is 0.347 e. The fraction of sp³-hybridized carbons (Fsp3) is 0.421. The van der Waals surface area contributed by atoms with Crippen LogP contribution in [-0.4, -0.2) is 44.0 Å². The lowest BCUT2D eigenvalue weighted by Crippen LogP contribution is -2.45. The minimum Gasteiger partial charge on any atom is -0.493 e. The fourth-order valence-corrected chi connectivity index (χ4v) is 3.65. The van der Waals surface area contributed by atoms with Crippen LogP contribution in [0.15, 0.2) is 27.9 Å². The monoisotopic (exact) mass is 486 g/mol. The molecule has 0 unspecified atom stereocenters. The van der Waals surface area contributed by atoms with Crippen molar-refractivity contribution in [2.24, 2.45) is 0 Å². The maximum atomic E-state index is 12.3. The van der Waals surface area contributed by atoms with Crippen LogP contribution >= 0.6 is 28.1 Å². The van der Waals surface area contributed by atoms with Crippen molar-refractivity contribution in [3.05, 3.63) is 33.4 Å². The first kappa shape index (κ1) is 23.0. The molecule has 0 aromatic heterocycles. The molecule has 158 valence electrons. The van der Waals surface area contributed by atoms with Gasteiger partial charge in [0.25, 0.3) is 0 Å². The number of thiocarbonyl (C=S) groups is 1. The molecule has 0 spiro atoms. The maximum absolute atomic E-state index is 12.3. The quantitative estimate of drug-likeness (QED) is 0.445. The molecule has 2 atom stereocenters. The molecular formula is C19H23BrN2O6S. The van der Waals surface area contributed by atoms with E-state index in [4.69, 9.17) is 31.2 Å². The molecule has 0 aliphatic carbocycles. The van der Waals surface area contributed by atoms with Crippen molar-refractivity contribution < 1.29 is 28.5 Å². The number of methoxy groups -OCH3 is 2. The summed E-state index contributed by atoms with van der Waals surface area (Å²) in [5.74, 6) is -0.254. The van der Waals surface area contributed by atoms with Gasteiger partial charge in [0.1, 0.15) is 0 Å². The number of allylic oxidation sites excluding steroid dienone is 1. The lowest BCUT2D eigenvalue weighted by Gasteiger charge is -2.30. The van der Waals surface area contributed by atoms with E-state index in [9.17, 15) is 9.59 Å². The molecule has 1 aliphatic rings. The SMILES string of the molecule is CCOC(=O)[C@@H](C)Oc1c(Br)cc([C@H]2NC(=S)NC(C)=C2C(=O)OC)cc1OC. The van der Waals surface area contributed by atoms with E-state index in [0.717, 1.165) is 0 Å². The van der Waals surface area contributed by atoms with E-state index in [-0.39, 0.29) is 6.61 Å². The number of carbonyl (C=O) groups is 2. The van der Waals surface area contributed by atoms with Crippen molar-refractivity contribution >= 4 is 45.2 Å². The van der Waals surface area contributed by atoms with E-state index in [0.29, 0.717) is 37.9 Å². The van der Waals surface area contributed by atoms with Crippen LogP contribution in [-0.2, 0) is 19.1 Å². The van der Waals surface area contributed by atoms with Gasteiger partial charge in [0, 0.05) is 5.70 Å². The minimum absolute atomic E-state index is 0.257. The van der Waals surface area contributed by atoms with E-state index in [2.05, 4.69) is 26.6 Å². The van der Waals surface area contributed by atoms with Gasteiger partial charge < -0.3 is 29.6 Å². The summed E-state index contributed by atoms with van der Waals surface area (Å²) in [6.45, 7) is 5.32. The summed E-state index contributed by atoms with van der Waals surface area (Å²) in [6.07, 6.45) is -0.830. The molecule has 1 aromatic rings. The van der Waals surface area contributed by atoms with Gasteiger partial charge in [-0.25, -0.2) is 9.59 Å². The Morgan fingerprint density at radius 2 is 2.00 bits per heavy atom. The molecule has 1 heterocycles. The lowest BCUT2D eigenvalue weighted by molar-refractivity contribution is -0.150. The first-order valence-electron chi connectivity index (χ1n) is 8.80. The van der Waals surface area contributed by atoms with Gasteiger partial charge in [-0.2, -0.15) is 0 Å². The summed E-state index contributed by atoms with van der Waals surface area (Å²) >= 11 is 8.70. The fourth-order valence-electron chi connectivity index (χ4n) is 2.83. The Hall–Kier alpha value is -2.33. The molecule has 29 heavy (non-hydrogen) atoms.